The van der Waals surface area contributed by atoms with Gasteiger partial charge in [0.05, 0.1) is 37.7 Å². The Kier molecular flexibility index (Phi) is 10.2. The zero-order valence-electron chi connectivity index (χ0n) is 21.5. The number of anilines is 1. The van der Waals surface area contributed by atoms with Gasteiger partial charge in [0.25, 0.3) is 0 Å². The van der Waals surface area contributed by atoms with Gasteiger partial charge in [-0.05, 0) is 41.8 Å². The number of aliphatic hydroxyl groups is 1. The molecule has 198 valence electrons. The molecule has 36 heavy (non-hydrogen) atoms. The van der Waals surface area contributed by atoms with Crippen molar-refractivity contribution in [2.45, 2.75) is 37.6 Å². The Bertz CT molecular complexity index is 925. The largest absolute Gasteiger partial charge is 0.494 e. The molecule has 1 fully saturated rings. The molecule has 2 aromatic carbocycles. The summed E-state index contributed by atoms with van der Waals surface area (Å²) in [5.41, 5.74) is 3.26. The molecular weight excluding hydrogens is 460 g/mol. The SMILES string of the molecule is COCCCOc1ccc(C2[C@H](O)CNC[C@@H]2OCc2ccc3c(c2)N(CCCOC)CCO3)cc1. The van der Waals surface area contributed by atoms with E-state index in [1.54, 1.807) is 14.2 Å². The van der Waals surface area contributed by atoms with Gasteiger partial charge in [-0.1, -0.05) is 18.2 Å². The van der Waals surface area contributed by atoms with Gasteiger partial charge in [0.15, 0.2) is 0 Å². The molecule has 8 heteroatoms. The third-order valence-corrected chi connectivity index (χ3v) is 6.76. The van der Waals surface area contributed by atoms with E-state index in [4.69, 9.17) is 23.7 Å². The van der Waals surface area contributed by atoms with Crippen LogP contribution in [-0.2, 0) is 20.8 Å². The van der Waals surface area contributed by atoms with Gasteiger partial charge in [-0.3, -0.25) is 0 Å². The molecule has 8 nitrogen and oxygen atoms in total. The number of nitrogens with zero attached hydrogens (tertiary/aromatic N) is 1. The van der Waals surface area contributed by atoms with Crippen LogP contribution in [0, 0.1) is 0 Å². The van der Waals surface area contributed by atoms with Gasteiger partial charge in [0.1, 0.15) is 18.1 Å². The molecule has 0 aliphatic carbocycles. The molecule has 2 heterocycles. The van der Waals surface area contributed by atoms with Crippen LogP contribution in [0.5, 0.6) is 11.5 Å². The first kappa shape index (κ1) is 26.7. The van der Waals surface area contributed by atoms with Crippen molar-refractivity contribution < 1.29 is 28.8 Å². The molecule has 3 atom stereocenters. The van der Waals surface area contributed by atoms with Crippen molar-refractivity contribution >= 4 is 5.69 Å². The minimum atomic E-state index is -0.523. The number of hydrogen-bond acceptors (Lipinski definition) is 8. The molecule has 0 aromatic heterocycles. The molecule has 0 amide bonds. The Balaban J connectivity index is 1.39. The van der Waals surface area contributed by atoms with Crippen LogP contribution < -0.4 is 19.7 Å². The van der Waals surface area contributed by atoms with Gasteiger partial charge in [-0.25, -0.2) is 0 Å². The van der Waals surface area contributed by atoms with Gasteiger partial charge in [-0.15, -0.1) is 0 Å². The number of rotatable bonds is 13. The second kappa shape index (κ2) is 13.8. The number of aliphatic hydroxyl groups excluding tert-OH is 1. The van der Waals surface area contributed by atoms with Crippen LogP contribution in [0.4, 0.5) is 5.69 Å². The van der Waals surface area contributed by atoms with Gasteiger partial charge < -0.3 is 39.0 Å². The normalized spacial score (nSPS) is 21.6. The predicted molar refractivity (Wildman–Crippen MR) is 139 cm³/mol. The highest BCUT2D eigenvalue weighted by atomic mass is 16.5. The first-order valence-corrected chi connectivity index (χ1v) is 12.9. The highest BCUT2D eigenvalue weighted by molar-refractivity contribution is 5.61. The minimum absolute atomic E-state index is 0.111. The van der Waals surface area contributed by atoms with Crippen LogP contribution in [0.1, 0.15) is 29.9 Å². The number of β-amino-alcohol motifs (C(OH)–C–C–N with tert-alkyl or cyclic N) is 1. The van der Waals surface area contributed by atoms with Crippen molar-refractivity contribution in [1.29, 1.82) is 0 Å². The maximum Gasteiger partial charge on any atom is 0.142 e. The molecule has 0 spiro atoms. The zero-order chi connectivity index (χ0) is 25.2. The van der Waals surface area contributed by atoms with E-state index < -0.39 is 6.10 Å². The fourth-order valence-corrected chi connectivity index (χ4v) is 4.90. The van der Waals surface area contributed by atoms with E-state index in [1.165, 1.54) is 0 Å². The van der Waals surface area contributed by atoms with E-state index in [1.807, 2.05) is 30.3 Å². The van der Waals surface area contributed by atoms with E-state index in [0.29, 0.717) is 39.5 Å². The second-order valence-electron chi connectivity index (χ2n) is 9.35. The van der Waals surface area contributed by atoms with E-state index in [-0.39, 0.29) is 12.0 Å². The number of methoxy groups -OCH3 is 2. The number of hydrogen-bond donors (Lipinski definition) is 2. The Hall–Kier alpha value is -2.36. The maximum absolute atomic E-state index is 10.8. The quantitative estimate of drug-likeness (QED) is 0.407. The summed E-state index contributed by atoms with van der Waals surface area (Å²) < 4.78 is 28.4. The summed E-state index contributed by atoms with van der Waals surface area (Å²) in [6.45, 7) is 6.24. The van der Waals surface area contributed by atoms with E-state index in [9.17, 15) is 5.11 Å². The second-order valence-corrected chi connectivity index (χ2v) is 9.35. The molecule has 4 rings (SSSR count). The van der Waals surface area contributed by atoms with E-state index >= 15 is 0 Å². The first-order chi connectivity index (χ1) is 17.7. The summed E-state index contributed by atoms with van der Waals surface area (Å²) >= 11 is 0. The van der Waals surface area contributed by atoms with Crippen LogP contribution in [0.3, 0.4) is 0 Å². The maximum atomic E-state index is 10.8. The third kappa shape index (κ3) is 7.11. The van der Waals surface area contributed by atoms with Crippen LogP contribution in [0.15, 0.2) is 42.5 Å². The molecule has 2 N–H and O–H groups in total. The predicted octanol–water partition coefficient (Wildman–Crippen LogP) is 2.97. The number of nitrogens with one attached hydrogen (secondary N) is 1. The fourth-order valence-electron chi connectivity index (χ4n) is 4.90. The van der Waals surface area contributed by atoms with E-state index in [2.05, 4.69) is 22.3 Å². The van der Waals surface area contributed by atoms with Gasteiger partial charge in [-0.2, -0.15) is 0 Å². The average Bonchev–Trinajstić information content (AvgIpc) is 2.91. The first-order valence-electron chi connectivity index (χ1n) is 12.9. The smallest absolute Gasteiger partial charge is 0.142 e. The van der Waals surface area contributed by atoms with Crippen molar-refractivity contribution in [3.05, 3.63) is 53.6 Å². The highest BCUT2D eigenvalue weighted by Gasteiger charge is 2.34. The molecule has 2 aliphatic rings. The van der Waals surface area contributed by atoms with Gasteiger partial charge in [0, 0.05) is 59.4 Å². The van der Waals surface area contributed by atoms with Crippen molar-refractivity contribution in [2.75, 3.05) is 71.7 Å². The van der Waals surface area contributed by atoms with Crippen molar-refractivity contribution in [3.63, 3.8) is 0 Å². The Morgan fingerprint density at radius 3 is 2.61 bits per heavy atom. The fraction of sp³-hybridized carbons (Fsp3) is 0.571. The van der Waals surface area contributed by atoms with Crippen LogP contribution in [0.25, 0.3) is 0 Å². The summed E-state index contributed by atoms with van der Waals surface area (Å²) in [6, 6.07) is 14.3. The molecule has 0 radical (unpaired) electrons. The Morgan fingerprint density at radius 2 is 1.81 bits per heavy atom. The van der Waals surface area contributed by atoms with Crippen molar-refractivity contribution in [3.8, 4) is 11.5 Å². The monoisotopic (exact) mass is 500 g/mol. The number of benzene rings is 2. The van der Waals surface area contributed by atoms with Crippen molar-refractivity contribution in [2.24, 2.45) is 0 Å². The lowest BCUT2D eigenvalue weighted by atomic mass is 9.85. The number of fused-ring (bicyclic) bond motifs is 1. The summed E-state index contributed by atoms with van der Waals surface area (Å²) in [5, 5.41) is 14.1. The van der Waals surface area contributed by atoms with Crippen molar-refractivity contribution in [1.82, 2.24) is 5.32 Å². The minimum Gasteiger partial charge on any atom is -0.494 e. The topological polar surface area (TPSA) is 81.7 Å². The number of ether oxygens (including phenoxy) is 5. The van der Waals surface area contributed by atoms with Crippen LogP contribution in [-0.4, -0.2) is 84.1 Å². The van der Waals surface area contributed by atoms with E-state index in [0.717, 1.165) is 60.9 Å². The molecule has 0 bridgehead atoms. The summed E-state index contributed by atoms with van der Waals surface area (Å²) in [6.07, 6.45) is 1.15. The van der Waals surface area contributed by atoms with Crippen LogP contribution >= 0.6 is 0 Å². The zero-order valence-corrected chi connectivity index (χ0v) is 21.5. The highest BCUT2D eigenvalue weighted by Crippen LogP contribution is 2.34. The summed E-state index contributed by atoms with van der Waals surface area (Å²) in [7, 11) is 3.43. The summed E-state index contributed by atoms with van der Waals surface area (Å²) in [5.74, 6) is 1.63. The van der Waals surface area contributed by atoms with Gasteiger partial charge >= 0.3 is 0 Å². The molecule has 2 aromatic rings. The molecule has 0 saturated carbocycles. The van der Waals surface area contributed by atoms with Gasteiger partial charge in [0.2, 0.25) is 0 Å². The third-order valence-electron chi connectivity index (χ3n) is 6.76. The summed E-state index contributed by atoms with van der Waals surface area (Å²) in [4.78, 5) is 2.36. The lowest BCUT2D eigenvalue weighted by Crippen LogP contribution is -2.49. The molecule has 2 aliphatic heterocycles. The lowest BCUT2D eigenvalue weighted by molar-refractivity contribution is -0.0328. The molecular formula is C28H40N2O6. The Labute approximate surface area is 214 Å². The Morgan fingerprint density at radius 1 is 1.00 bits per heavy atom. The number of piperidine rings is 1. The molecule has 1 saturated heterocycles. The average molecular weight is 501 g/mol. The molecule has 1 unspecified atom stereocenters. The lowest BCUT2D eigenvalue weighted by Gasteiger charge is -2.36. The van der Waals surface area contributed by atoms with Crippen LogP contribution in [0.2, 0.25) is 0 Å². The standard InChI is InChI=1S/C28H40N2O6/c1-32-13-3-11-30-12-16-35-26-10-5-21(17-24(26)30)20-36-27-19-29-18-25(31)28(27)22-6-8-23(9-7-22)34-15-4-14-33-2/h5-10,17,25,27-29,31H,3-4,11-16,18-20H2,1-2H3/t25-,27+,28?/m1/s1.